The third-order valence-electron chi connectivity index (χ3n) is 4.35. The van der Waals surface area contributed by atoms with E-state index in [2.05, 4.69) is 9.97 Å². The van der Waals surface area contributed by atoms with Crippen LogP contribution in [0.4, 0.5) is 18.9 Å². The standard InChI is InChI=1S/C19H13F3N4O/c20-19(21,22)13-7-12(10-23)8-14(9-13)26-6-4-17-16(11-26)25-18(27-17)15-3-1-2-5-24-15/h1-3,5,7-9H,4,6,11H2. The molecule has 0 aliphatic carbocycles. The number of aromatic nitrogens is 2. The van der Waals surface area contributed by atoms with Gasteiger partial charge < -0.3 is 9.32 Å². The summed E-state index contributed by atoms with van der Waals surface area (Å²) in [4.78, 5) is 10.4. The highest BCUT2D eigenvalue weighted by atomic mass is 19.4. The predicted octanol–water partition coefficient (Wildman–Crippen LogP) is 4.19. The summed E-state index contributed by atoms with van der Waals surface area (Å²) in [5.41, 5.74) is 0.744. The van der Waals surface area contributed by atoms with E-state index in [1.165, 1.54) is 6.07 Å². The van der Waals surface area contributed by atoms with Crippen LogP contribution in [0.5, 0.6) is 0 Å². The molecule has 0 unspecified atom stereocenters. The van der Waals surface area contributed by atoms with Crippen LogP contribution >= 0.6 is 0 Å². The number of nitriles is 1. The molecule has 0 atom stereocenters. The molecule has 0 radical (unpaired) electrons. The molecule has 1 aromatic carbocycles. The summed E-state index contributed by atoms with van der Waals surface area (Å²) in [6, 6.07) is 10.6. The van der Waals surface area contributed by atoms with Crippen molar-refractivity contribution >= 4 is 5.69 Å². The minimum atomic E-state index is -4.51. The Bertz CT molecular complexity index is 1020. The van der Waals surface area contributed by atoms with Gasteiger partial charge in [-0.05, 0) is 30.3 Å². The molecule has 0 amide bonds. The second kappa shape index (κ2) is 6.43. The van der Waals surface area contributed by atoms with Crippen LogP contribution < -0.4 is 4.90 Å². The van der Waals surface area contributed by atoms with Crippen molar-refractivity contribution in [3.63, 3.8) is 0 Å². The average molecular weight is 370 g/mol. The van der Waals surface area contributed by atoms with Gasteiger partial charge in [-0.15, -0.1) is 0 Å². The van der Waals surface area contributed by atoms with E-state index in [1.807, 2.05) is 6.07 Å². The van der Waals surface area contributed by atoms with Crippen molar-refractivity contribution in [3.8, 4) is 17.7 Å². The normalized spacial score (nSPS) is 13.9. The molecule has 5 nitrogen and oxygen atoms in total. The molecule has 136 valence electrons. The fraction of sp³-hybridized carbons (Fsp3) is 0.211. The van der Waals surface area contributed by atoms with Gasteiger partial charge in [0.2, 0.25) is 5.89 Å². The number of fused-ring (bicyclic) bond motifs is 1. The van der Waals surface area contributed by atoms with E-state index in [9.17, 15) is 13.2 Å². The number of hydrogen-bond acceptors (Lipinski definition) is 5. The fourth-order valence-electron chi connectivity index (χ4n) is 3.04. The Hall–Kier alpha value is -3.34. The Morgan fingerprint density at radius 1 is 1.19 bits per heavy atom. The average Bonchev–Trinajstić information content (AvgIpc) is 3.11. The van der Waals surface area contributed by atoms with E-state index < -0.39 is 11.7 Å². The number of pyridine rings is 1. The van der Waals surface area contributed by atoms with E-state index in [1.54, 1.807) is 29.3 Å². The topological polar surface area (TPSA) is 66.0 Å². The van der Waals surface area contributed by atoms with Crippen molar-refractivity contribution in [2.45, 2.75) is 19.1 Å². The summed E-state index contributed by atoms with van der Waals surface area (Å²) >= 11 is 0. The first-order chi connectivity index (χ1) is 12.9. The molecule has 8 heteroatoms. The Kier molecular flexibility index (Phi) is 4.07. The molecular formula is C19H13F3N4O. The summed E-state index contributed by atoms with van der Waals surface area (Å²) < 4.78 is 45.1. The number of rotatable bonds is 2. The zero-order valence-electron chi connectivity index (χ0n) is 14.0. The fourth-order valence-corrected chi connectivity index (χ4v) is 3.04. The molecular weight excluding hydrogens is 357 g/mol. The number of anilines is 1. The molecule has 1 aliphatic heterocycles. The molecule has 0 fully saturated rings. The monoisotopic (exact) mass is 370 g/mol. The van der Waals surface area contributed by atoms with Crippen molar-refractivity contribution in [1.29, 1.82) is 5.26 Å². The van der Waals surface area contributed by atoms with E-state index in [0.717, 1.165) is 12.1 Å². The van der Waals surface area contributed by atoms with Gasteiger partial charge in [0.15, 0.2) is 0 Å². The molecule has 2 aromatic heterocycles. The molecule has 3 aromatic rings. The van der Waals surface area contributed by atoms with Crippen LogP contribution in [-0.2, 0) is 19.1 Å². The summed E-state index contributed by atoms with van der Waals surface area (Å²) in [6.45, 7) is 0.772. The van der Waals surface area contributed by atoms with E-state index >= 15 is 0 Å². The number of nitrogens with zero attached hydrogens (tertiary/aromatic N) is 4. The molecule has 3 heterocycles. The smallest absolute Gasteiger partial charge is 0.416 e. The van der Waals surface area contributed by atoms with Crippen LogP contribution in [0.1, 0.15) is 22.6 Å². The van der Waals surface area contributed by atoms with Gasteiger partial charge >= 0.3 is 6.18 Å². The highest BCUT2D eigenvalue weighted by molar-refractivity contribution is 5.56. The Morgan fingerprint density at radius 3 is 2.74 bits per heavy atom. The molecule has 0 bridgehead atoms. The van der Waals surface area contributed by atoms with Gasteiger partial charge in [-0.1, -0.05) is 6.07 Å². The summed E-state index contributed by atoms with van der Waals surface area (Å²) in [7, 11) is 0. The van der Waals surface area contributed by atoms with E-state index in [-0.39, 0.29) is 5.56 Å². The minimum Gasteiger partial charge on any atom is -0.439 e. The highest BCUT2D eigenvalue weighted by Gasteiger charge is 2.32. The molecule has 0 saturated carbocycles. The maximum absolute atomic E-state index is 13.1. The molecule has 0 N–H and O–H groups in total. The third-order valence-corrected chi connectivity index (χ3v) is 4.35. The largest absolute Gasteiger partial charge is 0.439 e. The predicted molar refractivity (Wildman–Crippen MR) is 90.6 cm³/mol. The third kappa shape index (κ3) is 3.36. The SMILES string of the molecule is N#Cc1cc(N2CCc3oc(-c4ccccn4)nc3C2)cc(C(F)(F)F)c1. The summed E-state index contributed by atoms with van der Waals surface area (Å²) in [5, 5.41) is 9.07. The first-order valence-corrected chi connectivity index (χ1v) is 8.21. The van der Waals surface area contributed by atoms with Crippen LogP contribution in [0.15, 0.2) is 47.0 Å². The zero-order valence-corrected chi connectivity index (χ0v) is 14.0. The van der Waals surface area contributed by atoms with Crippen LogP contribution in [0, 0.1) is 11.3 Å². The number of hydrogen-bond donors (Lipinski definition) is 0. The molecule has 0 saturated heterocycles. The number of benzene rings is 1. The van der Waals surface area contributed by atoms with Crippen molar-refractivity contribution < 1.29 is 17.6 Å². The van der Waals surface area contributed by atoms with E-state index in [0.29, 0.717) is 48.2 Å². The molecule has 1 aliphatic rings. The van der Waals surface area contributed by atoms with Crippen molar-refractivity contribution in [2.24, 2.45) is 0 Å². The number of halogens is 3. The molecule has 27 heavy (non-hydrogen) atoms. The number of oxazole rings is 1. The Morgan fingerprint density at radius 2 is 2.04 bits per heavy atom. The van der Waals surface area contributed by atoms with E-state index in [4.69, 9.17) is 9.68 Å². The van der Waals surface area contributed by atoms with Gasteiger partial charge in [-0.2, -0.15) is 18.4 Å². The molecule has 0 spiro atoms. The van der Waals surface area contributed by atoms with Crippen LogP contribution in [0.25, 0.3) is 11.6 Å². The number of alkyl halides is 3. The second-order valence-corrected chi connectivity index (χ2v) is 6.15. The van der Waals surface area contributed by atoms with Gasteiger partial charge in [0, 0.05) is 24.8 Å². The lowest BCUT2D eigenvalue weighted by atomic mass is 10.1. The van der Waals surface area contributed by atoms with Crippen LogP contribution in [0.3, 0.4) is 0 Å². The highest BCUT2D eigenvalue weighted by Crippen LogP contribution is 2.34. The van der Waals surface area contributed by atoms with Gasteiger partial charge in [-0.3, -0.25) is 4.98 Å². The second-order valence-electron chi connectivity index (χ2n) is 6.15. The van der Waals surface area contributed by atoms with Crippen LogP contribution in [0.2, 0.25) is 0 Å². The van der Waals surface area contributed by atoms with Crippen molar-refractivity contribution in [2.75, 3.05) is 11.4 Å². The summed E-state index contributed by atoms with van der Waals surface area (Å²) in [5.74, 6) is 1.10. The maximum atomic E-state index is 13.1. The van der Waals surface area contributed by atoms with Gasteiger partial charge in [0.25, 0.3) is 0 Å². The lowest BCUT2D eigenvalue weighted by Gasteiger charge is -2.28. The van der Waals surface area contributed by atoms with Crippen molar-refractivity contribution in [3.05, 3.63) is 65.2 Å². The first-order valence-electron chi connectivity index (χ1n) is 8.21. The Labute approximate surface area is 152 Å². The molecule has 4 rings (SSSR count). The minimum absolute atomic E-state index is 0.0278. The van der Waals surface area contributed by atoms with Gasteiger partial charge in [0.1, 0.15) is 17.1 Å². The van der Waals surface area contributed by atoms with Gasteiger partial charge in [-0.25, -0.2) is 4.98 Å². The van der Waals surface area contributed by atoms with Gasteiger partial charge in [0.05, 0.1) is 23.7 Å². The first kappa shape index (κ1) is 17.1. The van der Waals surface area contributed by atoms with Crippen LogP contribution in [-0.4, -0.2) is 16.5 Å². The Balaban J connectivity index is 1.65. The lowest BCUT2D eigenvalue weighted by molar-refractivity contribution is -0.137. The van der Waals surface area contributed by atoms with Crippen molar-refractivity contribution in [1.82, 2.24) is 9.97 Å². The lowest BCUT2D eigenvalue weighted by Crippen LogP contribution is -2.30. The quantitative estimate of drug-likeness (QED) is 0.677. The zero-order chi connectivity index (χ0) is 19.0. The summed E-state index contributed by atoms with van der Waals surface area (Å²) in [6.07, 6.45) is -2.37. The maximum Gasteiger partial charge on any atom is 0.416 e.